The first kappa shape index (κ1) is 22.0. The number of hydrogen-bond donors (Lipinski definition) is 2. The Bertz CT molecular complexity index is 1040. The lowest BCUT2D eigenvalue weighted by molar-refractivity contribution is -0.120. The van der Waals surface area contributed by atoms with Crippen molar-refractivity contribution in [2.45, 2.75) is 11.0 Å². The van der Waals surface area contributed by atoms with Gasteiger partial charge >= 0.3 is 0 Å². The van der Waals surface area contributed by atoms with Crippen LogP contribution in [0.4, 0.5) is 8.78 Å². The number of nitrogens with zero attached hydrogens (tertiary/aromatic N) is 1. The van der Waals surface area contributed by atoms with Gasteiger partial charge in [-0.25, -0.2) is 17.2 Å². The predicted octanol–water partition coefficient (Wildman–Crippen LogP) is 1.32. The average molecular weight is 421 g/mol. The largest absolute Gasteiger partial charge is 0.350 e. The van der Waals surface area contributed by atoms with E-state index >= 15 is 0 Å². The first-order chi connectivity index (χ1) is 13.7. The monoisotopic (exact) mass is 421 g/mol. The summed E-state index contributed by atoms with van der Waals surface area (Å²) in [6.07, 6.45) is 0. The van der Waals surface area contributed by atoms with E-state index in [1.807, 2.05) is 0 Å². The van der Waals surface area contributed by atoms with Gasteiger partial charge in [0, 0.05) is 17.7 Å². The number of sulfone groups is 1. The molecule has 0 bridgehead atoms. The summed E-state index contributed by atoms with van der Waals surface area (Å²) in [4.78, 5) is 24.4. The standard InChI is InChI=1S/C19H17F2N3O4S/c20-15-6-7-16(21)14(10-15)12-29(27,28)17(19(26)23-9-8-22)11-24-18(25)13-4-2-1-3-5-13/h1-7,10,17H,9,11-12H2,(H,23,26)(H,24,25). The van der Waals surface area contributed by atoms with Crippen LogP contribution in [0.2, 0.25) is 0 Å². The number of benzene rings is 2. The van der Waals surface area contributed by atoms with Crippen LogP contribution >= 0.6 is 0 Å². The van der Waals surface area contributed by atoms with Crippen molar-refractivity contribution in [2.24, 2.45) is 0 Å². The number of amides is 2. The van der Waals surface area contributed by atoms with Crippen LogP contribution < -0.4 is 10.6 Å². The van der Waals surface area contributed by atoms with E-state index in [0.29, 0.717) is 0 Å². The van der Waals surface area contributed by atoms with E-state index in [2.05, 4.69) is 10.6 Å². The van der Waals surface area contributed by atoms with Gasteiger partial charge in [0.1, 0.15) is 18.2 Å². The maximum atomic E-state index is 13.9. The molecule has 2 N–H and O–H groups in total. The van der Waals surface area contributed by atoms with Crippen LogP contribution in [0.3, 0.4) is 0 Å². The van der Waals surface area contributed by atoms with Crippen molar-refractivity contribution >= 4 is 21.7 Å². The third kappa shape index (κ3) is 6.08. The molecule has 1 unspecified atom stereocenters. The van der Waals surface area contributed by atoms with Gasteiger partial charge in [0.15, 0.2) is 15.1 Å². The summed E-state index contributed by atoms with van der Waals surface area (Å²) in [5, 5.41) is 11.3. The molecule has 0 aliphatic rings. The number of hydrogen-bond acceptors (Lipinski definition) is 5. The summed E-state index contributed by atoms with van der Waals surface area (Å²) in [6.45, 7) is -1.06. The second-order valence-electron chi connectivity index (χ2n) is 5.98. The molecule has 2 aromatic rings. The minimum atomic E-state index is -4.37. The summed E-state index contributed by atoms with van der Waals surface area (Å²) in [5.41, 5.74) is -0.199. The quantitative estimate of drug-likeness (QED) is 0.624. The van der Waals surface area contributed by atoms with Crippen molar-refractivity contribution in [3.8, 4) is 6.07 Å². The van der Waals surface area contributed by atoms with Gasteiger partial charge in [0.05, 0.1) is 11.8 Å². The SMILES string of the molecule is N#CCNC(=O)C(CNC(=O)c1ccccc1)S(=O)(=O)Cc1cc(F)ccc1F. The molecule has 7 nitrogen and oxygen atoms in total. The summed E-state index contributed by atoms with van der Waals surface area (Å²) in [6, 6.07) is 11.9. The number of nitriles is 1. The molecule has 0 aliphatic heterocycles. The molecule has 0 spiro atoms. The van der Waals surface area contributed by atoms with Crippen LogP contribution in [0, 0.1) is 23.0 Å². The van der Waals surface area contributed by atoms with Gasteiger partial charge in [-0.05, 0) is 30.3 Å². The number of nitrogens with one attached hydrogen (secondary N) is 2. The first-order valence-corrected chi connectivity index (χ1v) is 10.1. The Hall–Kier alpha value is -3.32. The van der Waals surface area contributed by atoms with Crippen LogP contribution in [0.25, 0.3) is 0 Å². The van der Waals surface area contributed by atoms with E-state index in [9.17, 15) is 26.8 Å². The van der Waals surface area contributed by atoms with Crippen LogP contribution in [-0.2, 0) is 20.4 Å². The van der Waals surface area contributed by atoms with Gasteiger partial charge in [0.2, 0.25) is 5.91 Å². The zero-order valence-electron chi connectivity index (χ0n) is 15.1. The van der Waals surface area contributed by atoms with Crippen molar-refractivity contribution in [3.63, 3.8) is 0 Å². The van der Waals surface area contributed by atoms with E-state index in [-0.39, 0.29) is 5.56 Å². The summed E-state index contributed by atoms with van der Waals surface area (Å²) >= 11 is 0. The highest BCUT2D eigenvalue weighted by molar-refractivity contribution is 7.92. The zero-order valence-corrected chi connectivity index (χ0v) is 15.9. The van der Waals surface area contributed by atoms with E-state index in [1.165, 1.54) is 12.1 Å². The molecule has 0 heterocycles. The summed E-state index contributed by atoms with van der Waals surface area (Å²) in [7, 11) is -4.37. The average Bonchev–Trinajstić information content (AvgIpc) is 2.69. The molecule has 10 heteroatoms. The fraction of sp³-hybridized carbons (Fsp3) is 0.211. The molecule has 2 aromatic carbocycles. The molecule has 0 fully saturated rings. The fourth-order valence-electron chi connectivity index (χ4n) is 2.47. The third-order valence-corrected chi connectivity index (χ3v) is 5.88. The Balaban J connectivity index is 2.24. The molecule has 0 aliphatic carbocycles. The second-order valence-corrected chi connectivity index (χ2v) is 8.17. The summed E-state index contributed by atoms with van der Waals surface area (Å²) < 4.78 is 52.7. The van der Waals surface area contributed by atoms with Crippen molar-refractivity contribution in [1.82, 2.24) is 10.6 Å². The first-order valence-electron chi connectivity index (χ1n) is 8.38. The number of carbonyl (C=O) groups excluding carboxylic acids is 2. The van der Waals surface area contributed by atoms with Crippen LogP contribution in [0.1, 0.15) is 15.9 Å². The number of halogens is 2. The molecule has 2 rings (SSSR count). The Morgan fingerprint density at radius 3 is 2.41 bits per heavy atom. The lowest BCUT2D eigenvalue weighted by Gasteiger charge is -2.18. The highest BCUT2D eigenvalue weighted by Crippen LogP contribution is 2.16. The van der Waals surface area contributed by atoms with Gasteiger partial charge in [-0.3, -0.25) is 9.59 Å². The highest BCUT2D eigenvalue weighted by atomic mass is 32.2. The maximum absolute atomic E-state index is 13.9. The van der Waals surface area contributed by atoms with Crippen molar-refractivity contribution in [2.75, 3.05) is 13.1 Å². The van der Waals surface area contributed by atoms with Gasteiger partial charge < -0.3 is 10.6 Å². The van der Waals surface area contributed by atoms with Crippen LogP contribution in [-0.4, -0.2) is 38.6 Å². The second kappa shape index (κ2) is 9.75. The van der Waals surface area contributed by atoms with Gasteiger partial charge in [-0.15, -0.1) is 0 Å². The lowest BCUT2D eigenvalue weighted by Crippen LogP contribution is -2.47. The molecular formula is C19H17F2N3O4S. The topological polar surface area (TPSA) is 116 Å². The molecule has 0 radical (unpaired) electrons. The van der Waals surface area contributed by atoms with Crippen molar-refractivity contribution in [3.05, 3.63) is 71.3 Å². The smallest absolute Gasteiger partial charge is 0.251 e. The van der Waals surface area contributed by atoms with Gasteiger partial charge in [0.25, 0.3) is 5.91 Å². The zero-order chi connectivity index (χ0) is 21.4. The lowest BCUT2D eigenvalue weighted by atomic mass is 10.2. The van der Waals surface area contributed by atoms with E-state index in [1.54, 1.807) is 24.3 Å². The highest BCUT2D eigenvalue weighted by Gasteiger charge is 2.33. The maximum Gasteiger partial charge on any atom is 0.251 e. The van der Waals surface area contributed by atoms with Crippen LogP contribution in [0.5, 0.6) is 0 Å². The molecule has 0 saturated carbocycles. The molecule has 152 valence electrons. The Morgan fingerprint density at radius 2 is 1.76 bits per heavy atom. The third-order valence-electron chi connectivity index (χ3n) is 3.92. The molecule has 0 saturated heterocycles. The normalized spacial score (nSPS) is 11.9. The minimum Gasteiger partial charge on any atom is -0.350 e. The van der Waals surface area contributed by atoms with E-state index in [0.717, 1.165) is 18.2 Å². The molecule has 1 atom stereocenters. The Labute approximate surface area is 166 Å². The number of carbonyl (C=O) groups is 2. The van der Waals surface area contributed by atoms with E-state index < -0.39 is 62.9 Å². The van der Waals surface area contributed by atoms with Gasteiger partial charge in [-0.2, -0.15) is 5.26 Å². The van der Waals surface area contributed by atoms with Gasteiger partial charge in [-0.1, -0.05) is 18.2 Å². The molecular weight excluding hydrogens is 404 g/mol. The fourth-order valence-corrected chi connectivity index (χ4v) is 4.07. The Kier molecular flexibility index (Phi) is 7.39. The molecule has 0 aromatic heterocycles. The molecule has 2 amide bonds. The Morgan fingerprint density at radius 1 is 1.07 bits per heavy atom. The predicted molar refractivity (Wildman–Crippen MR) is 100 cm³/mol. The van der Waals surface area contributed by atoms with Crippen molar-refractivity contribution < 1.29 is 26.8 Å². The number of rotatable bonds is 8. The van der Waals surface area contributed by atoms with Crippen LogP contribution in [0.15, 0.2) is 48.5 Å². The summed E-state index contributed by atoms with van der Waals surface area (Å²) in [5.74, 6) is -4.38. The van der Waals surface area contributed by atoms with Crippen molar-refractivity contribution in [1.29, 1.82) is 5.26 Å². The minimum absolute atomic E-state index is 0.247. The molecule has 29 heavy (non-hydrogen) atoms. The van der Waals surface area contributed by atoms with E-state index in [4.69, 9.17) is 5.26 Å².